The molecule has 0 saturated heterocycles. The van der Waals surface area contributed by atoms with Crippen LogP contribution in [0.1, 0.15) is 15.9 Å². The van der Waals surface area contributed by atoms with Crippen molar-refractivity contribution < 1.29 is 38.4 Å². The van der Waals surface area contributed by atoms with Gasteiger partial charge in [-0.3, -0.25) is 29.8 Å². The number of ether oxygens (including phenoxy) is 4. The molecule has 0 aliphatic rings. The molecule has 0 heterocycles. The third-order valence-electron chi connectivity index (χ3n) is 5.18. The van der Waals surface area contributed by atoms with Gasteiger partial charge >= 0.3 is 5.69 Å². The van der Waals surface area contributed by atoms with E-state index in [0.29, 0.717) is 11.3 Å². The van der Waals surface area contributed by atoms with Crippen LogP contribution in [-0.2, 0) is 4.79 Å². The summed E-state index contributed by atoms with van der Waals surface area (Å²) in [6.07, 6.45) is 1.29. The molecule has 0 aromatic heterocycles. The van der Waals surface area contributed by atoms with Crippen LogP contribution in [0.15, 0.2) is 59.7 Å². The van der Waals surface area contributed by atoms with Crippen LogP contribution in [0.5, 0.6) is 28.7 Å². The number of nitrogens with one attached hydrogen (secondary N) is 2. The first kappa shape index (κ1) is 28.8. The molecule has 15 nitrogen and oxygen atoms in total. The zero-order chi connectivity index (χ0) is 29.2. The molecule has 40 heavy (non-hydrogen) atoms. The van der Waals surface area contributed by atoms with Crippen molar-refractivity contribution in [3.05, 3.63) is 86.0 Å². The van der Waals surface area contributed by atoms with Crippen LogP contribution in [0, 0.1) is 20.2 Å². The molecule has 3 aromatic rings. The van der Waals surface area contributed by atoms with Crippen molar-refractivity contribution in [2.75, 3.05) is 27.9 Å². The minimum atomic E-state index is -0.788. The Labute approximate surface area is 226 Å². The topological polar surface area (TPSA) is 194 Å². The molecule has 2 N–H and O–H groups in total. The molecule has 0 spiro atoms. The zero-order valence-corrected chi connectivity index (χ0v) is 21.4. The summed E-state index contributed by atoms with van der Waals surface area (Å²) in [6, 6.07) is 12.1. The van der Waals surface area contributed by atoms with E-state index in [2.05, 4.69) is 15.8 Å². The van der Waals surface area contributed by atoms with E-state index in [1.165, 1.54) is 51.8 Å². The van der Waals surface area contributed by atoms with Gasteiger partial charge in [0.2, 0.25) is 11.5 Å². The Balaban J connectivity index is 1.60. The number of nitrogens with zero attached hydrogens (tertiary/aromatic N) is 3. The molecule has 208 valence electrons. The van der Waals surface area contributed by atoms with E-state index in [0.717, 1.165) is 18.2 Å². The van der Waals surface area contributed by atoms with Gasteiger partial charge in [0.25, 0.3) is 17.5 Å². The molecule has 3 rings (SSSR count). The standard InChI is InChI=1S/C25H23N5O10/c1-37-21-10-16(11-22(38-2)24(21)39-3)25(32)26-14-23(31)28-27-13-15-5-4-6-18(9-15)40-20-8-7-17(29(33)34)12-19(20)30(35)36/h4-13H,14H2,1-3H3,(H,26,32)(H,28,31). The van der Waals surface area contributed by atoms with Crippen molar-refractivity contribution >= 4 is 29.4 Å². The predicted octanol–water partition coefficient (Wildman–Crippen LogP) is 3.20. The molecule has 0 aliphatic heterocycles. The molecule has 15 heteroatoms. The van der Waals surface area contributed by atoms with Crippen molar-refractivity contribution in [1.29, 1.82) is 0 Å². The van der Waals surface area contributed by atoms with Gasteiger partial charge in [-0.05, 0) is 35.9 Å². The number of nitro groups is 2. The maximum Gasteiger partial charge on any atom is 0.318 e. The van der Waals surface area contributed by atoms with Gasteiger partial charge < -0.3 is 24.3 Å². The highest BCUT2D eigenvalue weighted by Gasteiger charge is 2.21. The third kappa shape index (κ3) is 7.18. The van der Waals surface area contributed by atoms with Gasteiger partial charge in [-0.2, -0.15) is 5.10 Å². The predicted molar refractivity (Wildman–Crippen MR) is 140 cm³/mol. The summed E-state index contributed by atoms with van der Waals surface area (Å²) in [5, 5.41) is 28.5. The Hall–Kier alpha value is -5.73. The average molecular weight is 553 g/mol. The fraction of sp³-hybridized carbons (Fsp3) is 0.160. The van der Waals surface area contributed by atoms with Gasteiger partial charge in [0, 0.05) is 11.6 Å². The Kier molecular flexibility index (Phi) is 9.50. The number of carbonyl (C=O) groups is 2. The number of carbonyl (C=O) groups excluding carboxylic acids is 2. The second kappa shape index (κ2) is 13.2. The molecule has 0 saturated carbocycles. The number of nitro benzene ring substituents is 2. The van der Waals surface area contributed by atoms with Gasteiger partial charge in [0.15, 0.2) is 11.5 Å². The Bertz CT molecular complexity index is 1450. The summed E-state index contributed by atoms with van der Waals surface area (Å²) < 4.78 is 21.2. The molecule has 2 amide bonds. The third-order valence-corrected chi connectivity index (χ3v) is 5.18. The SMILES string of the molecule is COc1cc(C(=O)NCC(=O)NN=Cc2cccc(Oc3ccc([N+](=O)[O-])cc3[N+](=O)[O-])c2)cc(OC)c1OC. The van der Waals surface area contributed by atoms with Crippen LogP contribution in [0.3, 0.4) is 0 Å². The van der Waals surface area contributed by atoms with Crippen molar-refractivity contribution in [3.63, 3.8) is 0 Å². The lowest BCUT2D eigenvalue weighted by Gasteiger charge is -2.14. The van der Waals surface area contributed by atoms with Crippen LogP contribution >= 0.6 is 0 Å². The number of methoxy groups -OCH3 is 3. The van der Waals surface area contributed by atoms with E-state index in [1.807, 2.05) is 0 Å². The number of non-ortho nitro benzene ring substituents is 1. The van der Waals surface area contributed by atoms with Gasteiger partial charge in [-0.15, -0.1) is 0 Å². The highest BCUT2D eigenvalue weighted by molar-refractivity contribution is 5.97. The van der Waals surface area contributed by atoms with E-state index in [4.69, 9.17) is 18.9 Å². The van der Waals surface area contributed by atoms with Crippen molar-refractivity contribution in [3.8, 4) is 28.7 Å². The highest BCUT2D eigenvalue weighted by atomic mass is 16.6. The van der Waals surface area contributed by atoms with Crippen molar-refractivity contribution in [1.82, 2.24) is 10.7 Å². The van der Waals surface area contributed by atoms with Crippen LogP contribution in [-0.4, -0.2) is 55.7 Å². The Morgan fingerprint density at radius 3 is 2.20 bits per heavy atom. The fourth-order valence-electron chi connectivity index (χ4n) is 3.33. The van der Waals surface area contributed by atoms with E-state index in [1.54, 1.807) is 12.1 Å². The summed E-state index contributed by atoms with van der Waals surface area (Å²) in [5.41, 5.74) is 1.88. The number of benzene rings is 3. The van der Waals surface area contributed by atoms with E-state index < -0.39 is 33.0 Å². The van der Waals surface area contributed by atoms with Crippen LogP contribution < -0.4 is 29.7 Å². The maximum absolute atomic E-state index is 12.5. The largest absolute Gasteiger partial charge is 0.493 e. The Morgan fingerprint density at radius 1 is 0.900 bits per heavy atom. The maximum atomic E-state index is 12.5. The van der Waals surface area contributed by atoms with E-state index in [-0.39, 0.29) is 35.1 Å². The number of hydrogen-bond donors (Lipinski definition) is 2. The number of rotatable bonds is 12. The van der Waals surface area contributed by atoms with Crippen LogP contribution in [0.4, 0.5) is 11.4 Å². The molecule has 0 atom stereocenters. The van der Waals surface area contributed by atoms with Crippen LogP contribution in [0.25, 0.3) is 0 Å². The first-order valence-electron chi connectivity index (χ1n) is 11.3. The van der Waals surface area contributed by atoms with Gasteiger partial charge in [-0.25, -0.2) is 5.43 Å². The Morgan fingerprint density at radius 2 is 1.60 bits per heavy atom. The lowest BCUT2D eigenvalue weighted by molar-refractivity contribution is -0.394. The average Bonchev–Trinajstić information content (AvgIpc) is 2.95. The van der Waals surface area contributed by atoms with E-state index >= 15 is 0 Å². The highest BCUT2D eigenvalue weighted by Crippen LogP contribution is 2.38. The monoisotopic (exact) mass is 553 g/mol. The lowest BCUT2D eigenvalue weighted by atomic mass is 10.1. The quantitative estimate of drug-likeness (QED) is 0.191. The van der Waals surface area contributed by atoms with Crippen molar-refractivity contribution in [2.45, 2.75) is 0 Å². The zero-order valence-electron chi connectivity index (χ0n) is 21.4. The fourth-order valence-corrected chi connectivity index (χ4v) is 3.33. The smallest absolute Gasteiger partial charge is 0.318 e. The molecule has 0 bridgehead atoms. The van der Waals surface area contributed by atoms with Gasteiger partial charge in [0.05, 0.1) is 50.0 Å². The second-order valence-electron chi connectivity index (χ2n) is 7.73. The minimum Gasteiger partial charge on any atom is -0.493 e. The normalized spacial score (nSPS) is 10.5. The summed E-state index contributed by atoms with van der Waals surface area (Å²) in [5.74, 6) is -0.333. The number of amides is 2. The molecule has 0 radical (unpaired) electrons. The minimum absolute atomic E-state index is 0.177. The first-order chi connectivity index (χ1) is 19.2. The number of hydrogen-bond acceptors (Lipinski definition) is 11. The molecular weight excluding hydrogens is 530 g/mol. The second-order valence-corrected chi connectivity index (χ2v) is 7.73. The van der Waals surface area contributed by atoms with Crippen molar-refractivity contribution in [2.24, 2.45) is 5.10 Å². The molecular formula is C25H23N5O10. The van der Waals surface area contributed by atoms with Gasteiger partial charge in [0.1, 0.15) is 5.75 Å². The van der Waals surface area contributed by atoms with E-state index in [9.17, 15) is 29.8 Å². The molecule has 0 fully saturated rings. The molecule has 0 aliphatic carbocycles. The number of hydrazone groups is 1. The summed E-state index contributed by atoms with van der Waals surface area (Å²) >= 11 is 0. The summed E-state index contributed by atoms with van der Waals surface area (Å²) in [6.45, 7) is -0.389. The summed E-state index contributed by atoms with van der Waals surface area (Å²) in [7, 11) is 4.25. The van der Waals surface area contributed by atoms with Gasteiger partial charge in [-0.1, -0.05) is 12.1 Å². The first-order valence-corrected chi connectivity index (χ1v) is 11.3. The molecule has 0 unspecified atom stereocenters. The lowest BCUT2D eigenvalue weighted by Crippen LogP contribution is -2.34. The molecule has 3 aromatic carbocycles. The summed E-state index contributed by atoms with van der Waals surface area (Å²) in [4.78, 5) is 45.4. The van der Waals surface area contributed by atoms with Crippen LogP contribution in [0.2, 0.25) is 0 Å².